The van der Waals surface area contributed by atoms with E-state index in [9.17, 15) is 24.0 Å². The third-order valence-electron chi connectivity index (χ3n) is 7.00. The lowest BCUT2D eigenvalue weighted by Gasteiger charge is -2.33. The van der Waals surface area contributed by atoms with Crippen molar-refractivity contribution in [1.82, 2.24) is 15.1 Å². The van der Waals surface area contributed by atoms with Crippen LogP contribution >= 0.6 is 0 Å². The molecule has 2 saturated heterocycles. The standard InChI is InChI=1S/C30H44N4O7/c1-29(2,3)40-27(38)24-20(18-23(31)35)14-16-34(24)26(37)21(17-19-11-8-7-9-12-19)32-25(36)22-13-10-15-33(22)28(39)41-30(4,5)6/h7-9,11-12,20-22,24H,10,13-18H2,1-6H3,(H2,31,35)(H,32,36)/t20-,21-,22-,24-/m0/s1. The van der Waals surface area contributed by atoms with E-state index in [1.807, 2.05) is 30.3 Å². The van der Waals surface area contributed by atoms with E-state index in [4.69, 9.17) is 15.2 Å². The van der Waals surface area contributed by atoms with Crippen molar-refractivity contribution in [2.45, 2.75) is 103 Å². The smallest absolute Gasteiger partial charge is 0.410 e. The quantitative estimate of drug-likeness (QED) is 0.455. The minimum atomic E-state index is -1.02. The van der Waals surface area contributed by atoms with Crippen LogP contribution in [0.2, 0.25) is 0 Å². The predicted octanol–water partition coefficient (Wildman–Crippen LogP) is 2.55. The summed E-state index contributed by atoms with van der Waals surface area (Å²) in [6, 6.07) is 6.38. The van der Waals surface area contributed by atoms with Crippen LogP contribution in [0.5, 0.6) is 0 Å². The Morgan fingerprint density at radius 1 is 0.927 bits per heavy atom. The molecule has 0 aromatic heterocycles. The first-order chi connectivity index (χ1) is 19.1. The molecule has 2 fully saturated rings. The maximum atomic E-state index is 14.1. The second-order valence-corrected chi connectivity index (χ2v) is 12.8. The lowest BCUT2D eigenvalue weighted by atomic mass is 9.95. The van der Waals surface area contributed by atoms with Gasteiger partial charge in [0.15, 0.2) is 0 Å². The number of hydrogen-bond donors (Lipinski definition) is 2. The summed E-state index contributed by atoms with van der Waals surface area (Å²) in [6.45, 7) is 11.0. The van der Waals surface area contributed by atoms with E-state index in [-0.39, 0.29) is 19.4 Å². The normalized spacial score (nSPS) is 21.8. The fourth-order valence-corrected chi connectivity index (χ4v) is 5.35. The number of amides is 4. The van der Waals surface area contributed by atoms with Crippen molar-refractivity contribution in [3.8, 4) is 0 Å². The molecular weight excluding hydrogens is 528 g/mol. The van der Waals surface area contributed by atoms with Gasteiger partial charge in [0.1, 0.15) is 29.3 Å². The van der Waals surface area contributed by atoms with Crippen LogP contribution in [0.25, 0.3) is 0 Å². The summed E-state index contributed by atoms with van der Waals surface area (Å²) in [4.78, 5) is 68.4. The Labute approximate surface area is 242 Å². The van der Waals surface area contributed by atoms with Gasteiger partial charge in [0, 0.05) is 31.8 Å². The second kappa shape index (κ2) is 12.9. The van der Waals surface area contributed by atoms with Crippen molar-refractivity contribution in [2.75, 3.05) is 13.1 Å². The number of likely N-dealkylation sites (tertiary alicyclic amines) is 2. The Hall–Kier alpha value is -3.63. The van der Waals surface area contributed by atoms with Crippen LogP contribution in [0.4, 0.5) is 4.79 Å². The highest BCUT2D eigenvalue weighted by Gasteiger charge is 2.46. The molecule has 0 unspecified atom stereocenters. The van der Waals surface area contributed by atoms with Crippen LogP contribution in [0.1, 0.15) is 72.8 Å². The molecule has 3 rings (SSSR count). The number of nitrogens with zero attached hydrogens (tertiary/aromatic N) is 2. The SMILES string of the molecule is CC(C)(C)OC(=O)[C@@H]1[C@H](CC(N)=O)CCN1C(=O)[C@H](Cc1ccccc1)NC(=O)[C@@H]1CCCN1C(=O)OC(C)(C)C. The number of rotatable bonds is 8. The highest BCUT2D eigenvalue weighted by molar-refractivity contribution is 5.94. The number of hydrogen-bond acceptors (Lipinski definition) is 7. The van der Waals surface area contributed by atoms with Crippen LogP contribution in [-0.2, 0) is 35.1 Å². The Balaban J connectivity index is 1.88. The molecule has 0 aliphatic carbocycles. The molecule has 2 heterocycles. The topological polar surface area (TPSA) is 148 Å². The average molecular weight is 573 g/mol. The molecule has 1 aromatic rings. The number of carbonyl (C=O) groups excluding carboxylic acids is 5. The molecule has 226 valence electrons. The van der Waals surface area contributed by atoms with Crippen LogP contribution in [0.3, 0.4) is 0 Å². The molecule has 4 atom stereocenters. The van der Waals surface area contributed by atoms with E-state index in [1.165, 1.54) is 9.80 Å². The molecule has 0 bridgehead atoms. The number of nitrogens with one attached hydrogen (secondary N) is 1. The molecule has 11 nitrogen and oxygen atoms in total. The van der Waals surface area contributed by atoms with Gasteiger partial charge >= 0.3 is 12.1 Å². The number of benzene rings is 1. The zero-order valence-corrected chi connectivity index (χ0v) is 25.0. The van der Waals surface area contributed by atoms with Gasteiger partial charge in [-0.3, -0.25) is 19.3 Å². The van der Waals surface area contributed by atoms with Crippen LogP contribution in [0.15, 0.2) is 30.3 Å². The van der Waals surface area contributed by atoms with Gasteiger partial charge in [-0.1, -0.05) is 30.3 Å². The lowest BCUT2D eigenvalue weighted by Crippen LogP contribution is -2.57. The van der Waals surface area contributed by atoms with Gasteiger partial charge in [0.25, 0.3) is 0 Å². The van der Waals surface area contributed by atoms with Gasteiger partial charge in [-0.05, 0) is 66.4 Å². The monoisotopic (exact) mass is 572 g/mol. The van der Waals surface area contributed by atoms with Gasteiger partial charge in [-0.2, -0.15) is 0 Å². The van der Waals surface area contributed by atoms with Crippen molar-refractivity contribution >= 4 is 29.8 Å². The number of nitrogens with two attached hydrogens (primary N) is 1. The molecule has 0 spiro atoms. The Morgan fingerprint density at radius 2 is 1.56 bits per heavy atom. The maximum absolute atomic E-state index is 14.1. The summed E-state index contributed by atoms with van der Waals surface area (Å²) in [7, 11) is 0. The molecule has 2 aliphatic rings. The Kier molecular flexibility index (Phi) is 10.0. The van der Waals surface area contributed by atoms with E-state index >= 15 is 0 Å². The van der Waals surface area contributed by atoms with E-state index in [1.54, 1.807) is 41.5 Å². The van der Waals surface area contributed by atoms with Crippen molar-refractivity contribution in [3.63, 3.8) is 0 Å². The van der Waals surface area contributed by atoms with Crippen molar-refractivity contribution in [3.05, 3.63) is 35.9 Å². The molecule has 4 amide bonds. The number of carbonyl (C=O) groups is 5. The molecule has 11 heteroatoms. The van der Waals surface area contributed by atoms with E-state index in [0.717, 1.165) is 5.56 Å². The molecule has 3 N–H and O–H groups in total. The molecule has 41 heavy (non-hydrogen) atoms. The molecule has 1 aromatic carbocycles. The summed E-state index contributed by atoms with van der Waals surface area (Å²) >= 11 is 0. The zero-order valence-electron chi connectivity index (χ0n) is 25.0. The fraction of sp³-hybridized carbons (Fsp3) is 0.633. The minimum absolute atomic E-state index is 0.0731. The number of esters is 1. The third kappa shape index (κ3) is 8.93. The predicted molar refractivity (Wildman–Crippen MR) is 151 cm³/mol. The summed E-state index contributed by atoms with van der Waals surface area (Å²) in [6.07, 6.45) is 0.955. The largest absolute Gasteiger partial charge is 0.458 e. The van der Waals surface area contributed by atoms with Crippen molar-refractivity contribution < 1.29 is 33.4 Å². The highest BCUT2D eigenvalue weighted by Crippen LogP contribution is 2.31. The number of primary amides is 1. The van der Waals surface area contributed by atoms with E-state index in [0.29, 0.717) is 25.8 Å². The Morgan fingerprint density at radius 3 is 2.15 bits per heavy atom. The average Bonchev–Trinajstić information content (AvgIpc) is 3.49. The number of ether oxygens (including phenoxy) is 2. The van der Waals surface area contributed by atoms with Crippen LogP contribution in [-0.4, -0.2) is 82.0 Å². The van der Waals surface area contributed by atoms with Gasteiger partial charge in [0.2, 0.25) is 17.7 Å². The Bertz CT molecular complexity index is 1130. The first-order valence-electron chi connectivity index (χ1n) is 14.2. The van der Waals surface area contributed by atoms with Gasteiger partial charge < -0.3 is 25.4 Å². The zero-order chi connectivity index (χ0) is 30.5. The molecule has 0 saturated carbocycles. The van der Waals surface area contributed by atoms with Crippen LogP contribution in [0, 0.1) is 5.92 Å². The van der Waals surface area contributed by atoms with Gasteiger partial charge in [0.05, 0.1) is 0 Å². The van der Waals surface area contributed by atoms with Gasteiger partial charge in [-0.25, -0.2) is 9.59 Å². The first kappa shape index (κ1) is 31.9. The molecule has 2 aliphatic heterocycles. The van der Waals surface area contributed by atoms with E-state index < -0.39 is 65.0 Å². The summed E-state index contributed by atoms with van der Waals surface area (Å²) in [5, 5.41) is 2.87. The van der Waals surface area contributed by atoms with Crippen molar-refractivity contribution in [1.29, 1.82) is 0 Å². The van der Waals surface area contributed by atoms with Crippen LogP contribution < -0.4 is 11.1 Å². The van der Waals surface area contributed by atoms with Crippen molar-refractivity contribution in [2.24, 2.45) is 11.7 Å². The van der Waals surface area contributed by atoms with Gasteiger partial charge in [-0.15, -0.1) is 0 Å². The summed E-state index contributed by atoms with van der Waals surface area (Å²) < 4.78 is 11.1. The summed E-state index contributed by atoms with van der Waals surface area (Å²) in [5.41, 5.74) is 4.74. The third-order valence-corrected chi connectivity index (χ3v) is 7.00. The minimum Gasteiger partial charge on any atom is -0.458 e. The fourth-order valence-electron chi connectivity index (χ4n) is 5.35. The lowest BCUT2D eigenvalue weighted by molar-refractivity contribution is -0.165. The summed E-state index contributed by atoms with van der Waals surface area (Å²) in [5.74, 6) is -2.63. The first-order valence-corrected chi connectivity index (χ1v) is 14.2. The molecule has 0 radical (unpaired) electrons. The second-order valence-electron chi connectivity index (χ2n) is 12.8. The molecular formula is C30H44N4O7. The maximum Gasteiger partial charge on any atom is 0.410 e. The highest BCUT2D eigenvalue weighted by atomic mass is 16.6. The van der Waals surface area contributed by atoms with E-state index in [2.05, 4.69) is 5.32 Å².